The summed E-state index contributed by atoms with van der Waals surface area (Å²) in [6.07, 6.45) is 18.9. The summed E-state index contributed by atoms with van der Waals surface area (Å²) in [6.45, 7) is 2.98. The second kappa shape index (κ2) is 16.4. The molecule has 5 nitrogen and oxygen atoms in total. The Kier molecular flexibility index (Phi) is 13.5. The van der Waals surface area contributed by atoms with Crippen molar-refractivity contribution in [2.24, 2.45) is 0 Å². The second-order valence-electron chi connectivity index (χ2n) is 9.23. The summed E-state index contributed by atoms with van der Waals surface area (Å²) in [4.78, 5) is 37.8. The number of fused-ring (bicyclic) bond motifs is 1. The molecular weight excluding hydrogens is 414 g/mol. The van der Waals surface area contributed by atoms with Crippen molar-refractivity contribution in [2.75, 3.05) is 13.2 Å². The molecule has 0 saturated carbocycles. The fourth-order valence-electron chi connectivity index (χ4n) is 4.38. The molecule has 0 atom stereocenters. The number of unbranched alkanes of at least 4 members (excludes halogenated alkanes) is 13. The summed E-state index contributed by atoms with van der Waals surface area (Å²) in [5.74, 6) is -0.793. The van der Waals surface area contributed by atoms with Gasteiger partial charge in [0, 0.05) is 13.0 Å². The molecule has 0 saturated heterocycles. The Hall–Kier alpha value is -2.17. The molecular formula is C28H43NO4. The standard InChI is InChI=1S/C28H43NO4/c1-2-3-4-5-6-7-8-9-10-11-12-13-14-17-23-33-26(30)21-18-22-29-27(31)24-19-15-16-20-25(24)28(29)32/h15-16,19-20H,2-14,17-18,21-23H2,1H3. The Labute approximate surface area is 200 Å². The van der Waals surface area contributed by atoms with Crippen LogP contribution in [0.3, 0.4) is 0 Å². The van der Waals surface area contributed by atoms with Gasteiger partial charge in [-0.25, -0.2) is 0 Å². The number of esters is 1. The van der Waals surface area contributed by atoms with E-state index in [0.29, 0.717) is 24.2 Å². The van der Waals surface area contributed by atoms with E-state index < -0.39 is 0 Å². The molecule has 1 aromatic carbocycles. The van der Waals surface area contributed by atoms with Crippen LogP contribution in [0.15, 0.2) is 24.3 Å². The fraction of sp³-hybridized carbons (Fsp3) is 0.679. The summed E-state index contributed by atoms with van der Waals surface area (Å²) in [5, 5.41) is 0. The number of hydrogen-bond donors (Lipinski definition) is 0. The summed E-state index contributed by atoms with van der Waals surface area (Å²) in [6, 6.07) is 6.84. The molecule has 33 heavy (non-hydrogen) atoms. The van der Waals surface area contributed by atoms with Gasteiger partial charge in [-0.3, -0.25) is 19.3 Å². The van der Waals surface area contributed by atoms with Crippen molar-refractivity contribution in [2.45, 2.75) is 110 Å². The highest BCUT2D eigenvalue weighted by Gasteiger charge is 2.34. The molecule has 5 heteroatoms. The third-order valence-electron chi connectivity index (χ3n) is 6.40. The lowest BCUT2D eigenvalue weighted by Gasteiger charge is -2.13. The third kappa shape index (κ3) is 10.1. The zero-order valence-corrected chi connectivity index (χ0v) is 20.6. The third-order valence-corrected chi connectivity index (χ3v) is 6.40. The average molecular weight is 458 g/mol. The molecule has 0 unspecified atom stereocenters. The van der Waals surface area contributed by atoms with E-state index in [1.54, 1.807) is 24.3 Å². The van der Waals surface area contributed by atoms with Crippen LogP contribution in [0.25, 0.3) is 0 Å². The van der Waals surface area contributed by atoms with Gasteiger partial charge in [-0.1, -0.05) is 103 Å². The summed E-state index contributed by atoms with van der Waals surface area (Å²) >= 11 is 0. The van der Waals surface area contributed by atoms with Gasteiger partial charge in [0.05, 0.1) is 17.7 Å². The summed E-state index contributed by atoms with van der Waals surface area (Å²) < 4.78 is 5.30. The monoisotopic (exact) mass is 457 g/mol. The Morgan fingerprint density at radius 1 is 0.697 bits per heavy atom. The molecule has 0 bridgehead atoms. The van der Waals surface area contributed by atoms with E-state index in [-0.39, 0.29) is 30.7 Å². The first-order valence-corrected chi connectivity index (χ1v) is 13.3. The van der Waals surface area contributed by atoms with Crippen molar-refractivity contribution >= 4 is 17.8 Å². The minimum absolute atomic E-state index is 0.228. The maximum Gasteiger partial charge on any atom is 0.305 e. The fourth-order valence-corrected chi connectivity index (χ4v) is 4.38. The highest BCUT2D eigenvalue weighted by Crippen LogP contribution is 2.22. The van der Waals surface area contributed by atoms with Crippen LogP contribution in [-0.4, -0.2) is 35.8 Å². The lowest BCUT2D eigenvalue weighted by atomic mass is 10.0. The first-order chi connectivity index (χ1) is 16.1. The maximum absolute atomic E-state index is 12.3. The second-order valence-corrected chi connectivity index (χ2v) is 9.23. The zero-order chi connectivity index (χ0) is 23.7. The van der Waals surface area contributed by atoms with Gasteiger partial charge in [0.15, 0.2) is 0 Å². The molecule has 1 aliphatic heterocycles. The number of rotatable bonds is 19. The minimum Gasteiger partial charge on any atom is -0.466 e. The van der Waals surface area contributed by atoms with E-state index in [9.17, 15) is 14.4 Å². The number of ether oxygens (including phenoxy) is 1. The van der Waals surface area contributed by atoms with Crippen LogP contribution in [0, 0.1) is 0 Å². The number of benzene rings is 1. The van der Waals surface area contributed by atoms with Gasteiger partial charge < -0.3 is 4.74 Å². The van der Waals surface area contributed by atoms with Crippen LogP contribution in [0.5, 0.6) is 0 Å². The molecule has 0 fully saturated rings. The lowest BCUT2D eigenvalue weighted by Crippen LogP contribution is -2.31. The van der Waals surface area contributed by atoms with Crippen LogP contribution >= 0.6 is 0 Å². The molecule has 184 valence electrons. The van der Waals surface area contributed by atoms with Crippen molar-refractivity contribution in [1.29, 1.82) is 0 Å². The smallest absolute Gasteiger partial charge is 0.305 e. The van der Waals surface area contributed by atoms with E-state index in [2.05, 4.69) is 6.92 Å². The molecule has 0 aliphatic carbocycles. The Morgan fingerprint density at radius 3 is 1.64 bits per heavy atom. The minimum atomic E-state index is -0.272. The van der Waals surface area contributed by atoms with E-state index in [1.165, 1.54) is 81.9 Å². The Morgan fingerprint density at radius 2 is 1.15 bits per heavy atom. The predicted molar refractivity (Wildman–Crippen MR) is 132 cm³/mol. The van der Waals surface area contributed by atoms with Crippen molar-refractivity contribution in [1.82, 2.24) is 4.90 Å². The number of nitrogens with zero attached hydrogens (tertiary/aromatic N) is 1. The highest BCUT2D eigenvalue weighted by atomic mass is 16.5. The van der Waals surface area contributed by atoms with Crippen molar-refractivity contribution in [3.05, 3.63) is 35.4 Å². The zero-order valence-electron chi connectivity index (χ0n) is 20.6. The van der Waals surface area contributed by atoms with E-state index in [1.807, 2.05) is 0 Å². The van der Waals surface area contributed by atoms with E-state index in [0.717, 1.165) is 12.8 Å². The lowest BCUT2D eigenvalue weighted by molar-refractivity contribution is -0.143. The van der Waals surface area contributed by atoms with E-state index in [4.69, 9.17) is 4.74 Å². The first kappa shape index (κ1) is 27.1. The number of carbonyl (C=O) groups is 3. The van der Waals surface area contributed by atoms with Crippen LogP contribution in [-0.2, 0) is 9.53 Å². The SMILES string of the molecule is CCCCCCCCCCCCCCCCOC(=O)CCCN1C(=O)c2ccccc2C1=O. The number of amides is 2. The number of imide groups is 1. The molecule has 1 aromatic rings. The molecule has 0 aromatic heterocycles. The molecule has 0 N–H and O–H groups in total. The van der Waals surface area contributed by atoms with Crippen LogP contribution in [0.1, 0.15) is 130 Å². The molecule has 0 spiro atoms. The van der Waals surface area contributed by atoms with E-state index >= 15 is 0 Å². The van der Waals surface area contributed by atoms with Crippen molar-refractivity contribution in [3.8, 4) is 0 Å². The number of carbonyl (C=O) groups excluding carboxylic acids is 3. The molecule has 2 rings (SSSR count). The highest BCUT2D eigenvalue weighted by molar-refractivity contribution is 6.21. The quantitative estimate of drug-likeness (QED) is 0.126. The Balaban J connectivity index is 1.37. The van der Waals surface area contributed by atoms with Crippen LogP contribution in [0.4, 0.5) is 0 Å². The van der Waals surface area contributed by atoms with Gasteiger partial charge in [0.1, 0.15) is 0 Å². The van der Waals surface area contributed by atoms with Gasteiger partial charge in [-0.05, 0) is 25.0 Å². The number of hydrogen-bond acceptors (Lipinski definition) is 4. The van der Waals surface area contributed by atoms with Gasteiger partial charge in [0.25, 0.3) is 11.8 Å². The Bertz CT molecular complexity index is 695. The molecule has 1 heterocycles. The van der Waals surface area contributed by atoms with Crippen LogP contribution < -0.4 is 0 Å². The topological polar surface area (TPSA) is 63.7 Å². The molecule has 2 amide bonds. The molecule has 1 aliphatic rings. The normalized spacial score (nSPS) is 12.9. The predicted octanol–water partition coefficient (Wildman–Crippen LogP) is 7.09. The maximum atomic E-state index is 12.3. The van der Waals surface area contributed by atoms with Crippen molar-refractivity contribution in [3.63, 3.8) is 0 Å². The van der Waals surface area contributed by atoms with Crippen LogP contribution in [0.2, 0.25) is 0 Å². The molecule has 0 radical (unpaired) electrons. The largest absolute Gasteiger partial charge is 0.466 e. The van der Waals surface area contributed by atoms with Gasteiger partial charge in [-0.2, -0.15) is 0 Å². The summed E-state index contributed by atoms with van der Waals surface area (Å²) in [7, 11) is 0. The summed E-state index contributed by atoms with van der Waals surface area (Å²) in [5.41, 5.74) is 0.894. The first-order valence-electron chi connectivity index (χ1n) is 13.3. The van der Waals surface area contributed by atoms with Crippen molar-refractivity contribution < 1.29 is 19.1 Å². The average Bonchev–Trinajstić information content (AvgIpc) is 3.06. The van der Waals surface area contributed by atoms with Gasteiger partial charge in [-0.15, -0.1) is 0 Å². The van der Waals surface area contributed by atoms with Gasteiger partial charge in [0.2, 0.25) is 0 Å². The van der Waals surface area contributed by atoms with Gasteiger partial charge >= 0.3 is 5.97 Å².